The average molecular weight is 335 g/mol. The summed E-state index contributed by atoms with van der Waals surface area (Å²) in [6.45, 7) is 4.64. The molecule has 0 aliphatic carbocycles. The number of rotatable bonds is 7. The van der Waals surface area contributed by atoms with Crippen molar-refractivity contribution in [1.29, 1.82) is 0 Å². The Morgan fingerprint density at radius 3 is 2.26 bits per heavy atom. The highest BCUT2D eigenvalue weighted by molar-refractivity contribution is 6.32. The molecule has 0 saturated carbocycles. The van der Waals surface area contributed by atoms with Gasteiger partial charge in [0.25, 0.3) is 0 Å². The van der Waals surface area contributed by atoms with E-state index in [2.05, 4.69) is 0 Å². The average Bonchev–Trinajstić information content (AvgIpc) is 2.49. The van der Waals surface area contributed by atoms with Gasteiger partial charge in [0.1, 0.15) is 24.7 Å². The van der Waals surface area contributed by atoms with Crippen LogP contribution in [0.4, 0.5) is 0 Å². The third kappa shape index (κ3) is 5.18. The number of benzene rings is 2. The van der Waals surface area contributed by atoms with E-state index in [1.807, 2.05) is 26.0 Å². The predicted molar refractivity (Wildman–Crippen MR) is 89.7 cm³/mol. The normalized spacial score (nSPS) is 10.4. The molecule has 2 aromatic rings. The molecule has 5 heteroatoms. The fourth-order valence-electron chi connectivity index (χ4n) is 2.23. The minimum atomic E-state index is -0.862. The molecule has 0 fully saturated rings. The van der Waals surface area contributed by atoms with E-state index in [-0.39, 0.29) is 6.42 Å². The van der Waals surface area contributed by atoms with Crippen molar-refractivity contribution in [1.82, 2.24) is 0 Å². The second-order valence-corrected chi connectivity index (χ2v) is 5.66. The second-order valence-electron chi connectivity index (χ2n) is 5.29. The third-order valence-corrected chi connectivity index (χ3v) is 3.88. The van der Waals surface area contributed by atoms with Gasteiger partial charge in [0.2, 0.25) is 0 Å². The molecule has 2 rings (SSSR count). The molecule has 0 bridgehead atoms. The highest BCUT2D eigenvalue weighted by Crippen LogP contribution is 2.25. The van der Waals surface area contributed by atoms with Crippen molar-refractivity contribution >= 4 is 17.6 Å². The molecular formula is C18H19ClO4. The standard InChI is InChI=1S/C18H19ClO4/c1-12-8-16(9-13(2)18(12)19)23-7-6-22-15-5-3-4-14(10-15)11-17(20)21/h3-5,8-10H,6-7,11H2,1-2H3,(H,20,21). The molecule has 0 amide bonds. The maximum absolute atomic E-state index is 10.7. The van der Waals surface area contributed by atoms with Crippen molar-refractivity contribution in [3.8, 4) is 11.5 Å². The van der Waals surface area contributed by atoms with Crippen molar-refractivity contribution in [2.45, 2.75) is 20.3 Å². The minimum Gasteiger partial charge on any atom is -0.490 e. The van der Waals surface area contributed by atoms with Gasteiger partial charge >= 0.3 is 5.97 Å². The molecule has 0 aliphatic rings. The Balaban J connectivity index is 1.85. The van der Waals surface area contributed by atoms with E-state index in [1.165, 1.54) is 0 Å². The Hall–Kier alpha value is -2.20. The zero-order chi connectivity index (χ0) is 16.8. The summed E-state index contributed by atoms with van der Waals surface area (Å²) in [5.74, 6) is 0.530. The zero-order valence-corrected chi connectivity index (χ0v) is 13.9. The number of carbonyl (C=O) groups is 1. The third-order valence-electron chi connectivity index (χ3n) is 3.28. The van der Waals surface area contributed by atoms with Gasteiger partial charge in [0.05, 0.1) is 6.42 Å². The van der Waals surface area contributed by atoms with E-state index < -0.39 is 5.97 Å². The van der Waals surface area contributed by atoms with Crippen LogP contribution in [0, 0.1) is 13.8 Å². The first-order valence-electron chi connectivity index (χ1n) is 7.29. The van der Waals surface area contributed by atoms with Crippen LogP contribution in [0.5, 0.6) is 11.5 Å². The summed E-state index contributed by atoms with van der Waals surface area (Å²) in [4.78, 5) is 10.7. The fraction of sp³-hybridized carbons (Fsp3) is 0.278. The number of carboxylic acids is 1. The van der Waals surface area contributed by atoms with Crippen LogP contribution in [0.3, 0.4) is 0 Å². The van der Waals surface area contributed by atoms with Crippen LogP contribution in [-0.2, 0) is 11.2 Å². The van der Waals surface area contributed by atoms with E-state index in [0.717, 1.165) is 21.9 Å². The first-order chi connectivity index (χ1) is 11.0. The van der Waals surface area contributed by atoms with Crippen molar-refractivity contribution in [3.63, 3.8) is 0 Å². The summed E-state index contributed by atoms with van der Waals surface area (Å²) in [5, 5.41) is 9.55. The van der Waals surface area contributed by atoms with E-state index in [9.17, 15) is 4.79 Å². The Morgan fingerprint density at radius 1 is 1.04 bits per heavy atom. The highest BCUT2D eigenvalue weighted by Gasteiger charge is 2.04. The molecule has 0 saturated heterocycles. The molecule has 0 heterocycles. The molecule has 0 atom stereocenters. The Morgan fingerprint density at radius 2 is 1.65 bits per heavy atom. The van der Waals surface area contributed by atoms with Gasteiger partial charge in [-0.15, -0.1) is 0 Å². The topological polar surface area (TPSA) is 55.8 Å². The van der Waals surface area contributed by atoms with Crippen molar-refractivity contribution < 1.29 is 19.4 Å². The summed E-state index contributed by atoms with van der Waals surface area (Å²) < 4.78 is 11.3. The number of hydrogen-bond donors (Lipinski definition) is 1. The van der Waals surface area contributed by atoms with Crippen molar-refractivity contribution in [3.05, 3.63) is 58.1 Å². The Bertz CT molecular complexity index is 674. The largest absolute Gasteiger partial charge is 0.490 e. The lowest BCUT2D eigenvalue weighted by molar-refractivity contribution is -0.136. The number of hydrogen-bond acceptors (Lipinski definition) is 3. The van der Waals surface area contributed by atoms with E-state index >= 15 is 0 Å². The molecule has 0 radical (unpaired) electrons. The number of halogens is 1. The van der Waals surface area contributed by atoms with Crippen LogP contribution in [0.2, 0.25) is 5.02 Å². The maximum Gasteiger partial charge on any atom is 0.307 e. The predicted octanol–water partition coefficient (Wildman–Crippen LogP) is 4.04. The van der Waals surface area contributed by atoms with Gasteiger partial charge in [-0.2, -0.15) is 0 Å². The van der Waals surface area contributed by atoms with E-state index in [4.69, 9.17) is 26.2 Å². The van der Waals surface area contributed by atoms with Crippen LogP contribution in [0.15, 0.2) is 36.4 Å². The van der Waals surface area contributed by atoms with Crippen LogP contribution in [0.25, 0.3) is 0 Å². The molecule has 122 valence electrons. The molecule has 0 unspecified atom stereocenters. The quantitative estimate of drug-likeness (QED) is 0.776. The summed E-state index contributed by atoms with van der Waals surface area (Å²) >= 11 is 6.12. The minimum absolute atomic E-state index is 0.0168. The van der Waals surface area contributed by atoms with Gasteiger partial charge in [-0.1, -0.05) is 23.7 Å². The Kier molecular flexibility index (Phi) is 5.88. The van der Waals surface area contributed by atoms with Crippen LogP contribution in [0.1, 0.15) is 16.7 Å². The fourth-order valence-corrected chi connectivity index (χ4v) is 2.34. The van der Waals surface area contributed by atoms with Crippen molar-refractivity contribution in [2.75, 3.05) is 13.2 Å². The van der Waals surface area contributed by atoms with Gasteiger partial charge in [0.15, 0.2) is 0 Å². The second kappa shape index (κ2) is 7.88. The smallest absolute Gasteiger partial charge is 0.307 e. The number of carboxylic acid groups (broad SMARTS) is 1. The van der Waals surface area contributed by atoms with Crippen LogP contribution >= 0.6 is 11.6 Å². The highest BCUT2D eigenvalue weighted by atomic mass is 35.5. The monoisotopic (exact) mass is 334 g/mol. The number of aryl methyl sites for hydroxylation is 2. The van der Waals surface area contributed by atoms with E-state index in [1.54, 1.807) is 24.3 Å². The molecule has 0 aliphatic heterocycles. The summed E-state index contributed by atoms with van der Waals surface area (Å²) in [6.07, 6.45) is -0.0168. The first-order valence-corrected chi connectivity index (χ1v) is 7.66. The van der Waals surface area contributed by atoms with Crippen LogP contribution in [-0.4, -0.2) is 24.3 Å². The lowest BCUT2D eigenvalue weighted by Crippen LogP contribution is -2.09. The van der Waals surface area contributed by atoms with Gasteiger partial charge in [0, 0.05) is 5.02 Å². The molecule has 1 N–H and O–H groups in total. The van der Waals surface area contributed by atoms with E-state index in [0.29, 0.717) is 24.5 Å². The van der Waals surface area contributed by atoms with Crippen molar-refractivity contribution in [2.24, 2.45) is 0 Å². The molecule has 0 aromatic heterocycles. The van der Waals surface area contributed by atoms with Gasteiger partial charge < -0.3 is 14.6 Å². The molecule has 2 aromatic carbocycles. The summed E-state index contributed by atoms with van der Waals surface area (Å²) in [5.41, 5.74) is 2.66. The lowest BCUT2D eigenvalue weighted by Gasteiger charge is -2.11. The molecule has 23 heavy (non-hydrogen) atoms. The summed E-state index contributed by atoms with van der Waals surface area (Å²) in [7, 11) is 0. The summed E-state index contributed by atoms with van der Waals surface area (Å²) in [6, 6.07) is 10.8. The van der Waals surface area contributed by atoms with Gasteiger partial charge in [-0.05, 0) is 54.8 Å². The molecular weight excluding hydrogens is 316 g/mol. The molecule has 0 spiro atoms. The zero-order valence-electron chi connectivity index (χ0n) is 13.1. The number of ether oxygens (including phenoxy) is 2. The molecule has 4 nitrogen and oxygen atoms in total. The maximum atomic E-state index is 10.7. The number of aliphatic carboxylic acids is 1. The lowest BCUT2D eigenvalue weighted by atomic mass is 10.1. The van der Waals surface area contributed by atoms with Crippen LogP contribution < -0.4 is 9.47 Å². The first kappa shape index (κ1) is 17.2. The SMILES string of the molecule is Cc1cc(OCCOc2cccc(CC(=O)O)c2)cc(C)c1Cl. The van der Waals surface area contributed by atoms with Gasteiger partial charge in [-0.25, -0.2) is 0 Å². The Labute approximate surface area is 140 Å². The van der Waals surface area contributed by atoms with Gasteiger partial charge in [-0.3, -0.25) is 4.79 Å².